The van der Waals surface area contributed by atoms with Gasteiger partial charge in [0.05, 0.1) is 0 Å². The Morgan fingerprint density at radius 2 is 1.50 bits per heavy atom. The normalized spacial score (nSPS) is 14.1. The number of carbonyl (C=O) groups excluding carboxylic acids is 2. The molecule has 0 spiro atoms. The van der Waals surface area contributed by atoms with Crippen LogP contribution in [0.15, 0.2) is 42.5 Å². The predicted molar refractivity (Wildman–Crippen MR) is 99.6 cm³/mol. The van der Waals surface area contributed by atoms with E-state index in [2.05, 4.69) is 0 Å². The van der Waals surface area contributed by atoms with Gasteiger partial charge in [0.1, 0.15) is 29.7 Å². The number of halogens is 3. The van der Waals surface area contributed by atoms with E-state index >= 15 is 0 Å². The van der Waals surface area contributed by atoms with Crippen molar-refractivity contribution in [2.75, 3.05) is 42.5 Å². The summed E-state index contributed by atoms with van der Waals surface area (Å²) in [4.78, 5) is 28.9. The monoisotopic (exact) mass is 391 g/mol. The van der Waals surface area contributed by atoms with E-state index in [0.29, 0.717) is 26.2 Å². The average molecular weight is 391 g/mol. The Kier molecular flexibility index (Phi) is 5.87. The average Bonchev–Trinajstić information content (AvgIpc) is 2.67. The first-order valence-corrected chi connectivity index (χ1v) is 8.87. The summed E-state index contributed by atoms with van der Waals surface area (Å²) in [5.41, 5.74) is 0.334. The fourth-order valence-corrected chi connectivity index (χ4v) is 3.20. The fourth-order valence-electron chi connectivity index (χ4n) is 3.20. The number of carbonyl (C=O) groups is 2. The molecule has 2 aromatic rings. The Balaban J connectivity index is 1.65. The zero-order chi connectivity index (χ0) is 20.3. The first kappa shape index (κ1) is 19.7. The van der Waals surface area contributed by atoms with Crippen LogP contribution in [-0.2, 0) is 9.59 Å². The number of para-hydroxylation sites is 1. The number of rotatable bonds is 4. The molecule has 1 saturated heterocycles. The van der Waals surface area contributed by atoms with Crippen LogP contribution in [-0.4, -0.2) is 49.4 Å². The summed E-state index contributed by atoms with van der Waals surface area (Å²) < 4.78 is 41.1. The fraction of sp³-hybridized carbons (Fsp3) is 0.300. The second kappa shape index (κ2) is 8.33. The topological polar surface area (TPSA) is 43.9 Å². The molecule has 1 heterocycles. The van der Waals surface area contributed by atoms with Crippen molar-refractivity contribution in [3.05, 3.63) is 59.9 Å². The Hall–Kier alpha value is -3.03. The van der Waals surface area contributed by atoms with E-state index in [1.165, 1.54) is 18.2 Å². The number of anilines is 2. The molecule has 2 aromatic carbocycles. The number of piperazine rings is 1. The summed E-state index contributed by atoms with van der Waals surface area (Å²) in [6.45, 7) is 2.57. The Morgan fingerprint density at radius 1 is 0.929 bits per heavy atom. The third-order valence-electron chi connectivity index (χ3n) is 4.71. The van der Waals surface area contributed by atoms with Crippen LogP contribution in [0, 0.1) is 17.5 Å². The van der Waals surface area contributed by atoms with E-state index in [1.54, 1.807) is 17.0 Å². The predicted octanol–water partition coefficient (Wildman–Crippen LogP) is 2.81. The minimum absolute atomic E-state index is 0.317. The molecule has 1 aliphatic heterocycles. The summed E-state index contributed by atoms with van der Waals surface area (Å²) in [5, 5.41) is 0. The summed E-state index contributed by atoms with van der Waals surface area (Å²) >= 11 is 0. The highest BCUT2D eigenvalue weighted by Crippen LogP contribution is 2.24. The van der Waals surface area contributed by atoms with Crippen LogP contribution in [0.4, 0.5) is 24.5 Å². The second-order valence-electron chi connectivity index (χ2n) is 6.52. The van der Waals surface area contributed by atoms with Crippen LogP contribution < -0.4 is 9.80 Å². The molecule has 0 bridgehead atoms. The molecule has 1 fully saturated rings. The standard InChI is InChI=1S/C20H20F3N3O2/c1-14(27)26(20-17(22)3-2-4-18(20)23)13-19(28)25-11-9-24(10-12-25)16-7-5-15(21)6-8-16/h2-8H,9-13H2,1H3. The van der Waals surface area contributed by atoms with Crippen molar-refractivity contribution in [1.82, 2.24) is 4.90 Å². The van der Waals surface area contributed by atoms with Gasteiger partial charge in [0.2, 0.25) is 11.8 Å². The lowest BCUT2D eigenvalue weighted by atomic mass is 10.2. The van der Waals surface area contributed by atoms with Crippen molar-refractivity contribution in [2.24, 2.45) is 0 Å². The molecule has 28 heavy (non-hydrogen) atoms. The van der Waals surface area contributed by atoms with Crippen molar-refractivity contribution in [1.29, 1.82) is 0 Å². The molecule has 1 aliphatic rings. The largest absolute Gasteiger partial charge is 0.368 e. The minimum atomic E-state index is -0.899. The zero-order valence-electron chi connectivity index (χ0n) is 15.4. The molecule has 5 nitrogen and oxygen atoms in total. The molecule has 148 valence electrons. The summed E-state index contributed by atoms with van der Waals surface area (Å²) in [5.74, 6) is -3.13. The van der Waals surface area contributed by atoms with E-state index in [1.807, 2.05) is 4.90 Å². The van der Waals surface area contributed by atoms with E-state index in [-0.39, 0.29) is 5.82 Å². The smallest absolute Gasteiger partial charge is 0.242 e. The van der Waals surface area contributed by atoms with Gasteiger partial charge in [0.15, 0.2) is 0 Å². The summed E-state index contributed by atoms with van der Waals surface area (Å²) in [7, 11) is 0. The zero-order valence-corrected chi connectivity index (χ0v) is 15.4. The van der Waals surface area contributed by atoms with Crippen molar-refractivity contribution >= 4 is 23.2 Å². The van der Waals surface area contributed by atoms with Gasteiger partial charge in [-0.2, -0.15) is 0 Å². The summed E-state index contributed by atoms with van der Waals surface area (Å²) in [6, 6.07) is 9.38. The number of benzene rings is 2. The van der Waals surface area contributed by atoms with Gasteiger partial charge in [0, 0.05) is 38.8 Å². The SMILES string of the molecule is CC(=O)N(CC(=O)N1CCN(c2ccc(F)cc2)CC1)c1c(F)cccc1F. The van der Waals surface area contributed by atoms with Crippen LogP contribution in [0.5, 0.6) is 0 Å². The first-order chi connectivity index (χ1) is 13.4. The van der Waals surface area contributed by atoms with Crippen LogP contribution >= 0.6 is 0 Å². The van der Waals surface area contributed by atoms with Gasteiger partial charge in [-0.3, -0.25) is 14.5 Å². The van der Waals surface area contributed by atoms with Crippen molar-refractivity contribution in [3.63, 3.8) is 0 Å². The van der Waals surface area contributed by atoms with Gasteiger partial charge in [-0.05, 0) is 36.4 Å². The van der Waals surface area contributed by atoms with Gasteiger partial charge in [0.25, 0.3) is 0 Å². The molecule has 0 radical (unpaired) electrons. The molecule has 0 atom stereocenters. The Morgan fingerprint density at radius 3 is 2.04 bits per heavy atom. The van der Waals surface area contributed by atoms with Crippen molar-refractivity contribution < 1.29 is 22.8 Å². The lowest BCUT2D eigenvalue weighted by molar-refractivity contribution is -0.131. The molecule has 3 rings (SSSR count). The molecule has 2 amide bonds. The number of hydrogen-bond donors (Lipinski definition) is 0. The van der Waals surface area contributed by atoms with E-state index in [9.17, 15) is 22.8 Å². The maximum atomic E-state index is 14.0. The minimum Gasteiger partial charge on any atom is -0.368 e. The highest BCUT2D eigenvalue weighted by molar-refractivity contribution is 5.97. The number of nitrogens with zero attached hydrogens (tertiary/aromatic N) is 3. The van der Waals surface area contributed by atoms with Gasteiger partial charge in [-0.1, -0.05) is 6.07 Å². The molecule has 0 aromatic heterocycles. The third-order valence-corrected chi connectivity index (χ3v) is 4.71. The molecule has 0 aliphatic carbocycles. The maximum absolute atomic E-state index is 14.0. The van der Waals surface area contributed by atoms with Gasteiger partial charge < -0.3 is 9.80 Å². The lowest BCUT2D eigenvalue weighted by Gasteiger charge is -2.37. The quantitative estimate of drug-likeness (QED) is 0.805. The molecule has 8 heteroatoms. The van der Waals surface area contributed by atoms with Gasteiger partial charge in [-0.15, -0.1) is 0 Å². The van der Waals surface area contributed by atoms with Crippen molar-refractivity contribution in [2.45, 2.75) is 6.92 Å². The molecule has 0 N–H and O–H groups in total. The van der Waals surface area contributed by atoms with Gasteiger partial charge in [-0.25, -0.2) is 13.2 Å². The van der Waals surface area contributed by atoms with Gasteiger partial charge >= 0.3 is 0 Å². The lowest BCUT2D eigenvalue weighted by Crippen LogP contribution is -2.52. The van der Waals surface area contributed by atoms with Crippen LogP contribution in [0.1, 0.15) is 6.92 Å². The van der Waals surface area contributed by atoms with E-state index in [4.69, 9.17) is 0 Å². The third kappa shape index (κ3) is 4.27. The van der Waals surface area contributed by atoms with E-state index < -0.39 is 35.7 Å². The number of amides is 2. The van der Waals surface area contributed by atoms with Crippen molar-refractivity contribution in [3.8, 4) is 0 Å². The molecular formula is C20H20F3N3O2. The molecule has 0 unspecified atom stereocenters. The first-order valence-electron chi connectivity index (χ1n) is 8.87. The summed E-state index contributed by atoms with van der Waals surface area (Å²) in [6.07, 6.45) is 0. The Labute approximate surface area is 161 Å². The van der Waals surface area contributed by atoms with Crippen LogP contribution in [0.25, 0.3) is 0 Å². The maximum Gasteiger partial charge on any atom is 0.242 e. The van der Waals surface area contributed by atoms with Crippen LogP contribution in [0.3, 0.4) is 0 Å². The van der Waals surface area contributed by atoms with E-state index in [0.717, 1.165) is 29.6 Å². The highest BCUT2D eigenvalue weighted by atomic mass is 19.1. The number of hydrogen-bond acceptors (Lipinski definition) is 3. The molecule has 0 saturated carbocycles. The van der Waals surface area contributed by atoms with Crippen LogP contribution in [0.2, 0.25) is 0 Å². The second-order valence-corrected chi connectivity index (χ2v) is 6.52. The molecular weight excluding hydrogens is 371 g/mol. The highest BCUT2D eigenvalue weighted by Gasteiger charge is 2.27. The Bertz CT molecular complexity index is 845.